The van der Waals surface area contributed by atoms with Gasteiger partial charge in [-0.15, -0.1) is 0 Å². The molecule has 1 N–H and O–H groups in total. The predicted octanol–water partition coefficient (Wildman–Crippen LogP) is 5.89. The van der Waals surface area contributed by atoms with Crippen molar-refractivity contribution in [2.45, 2.75) is 13.8 Å². The summed E-state index contributed by atoms with van der Waals surface area (Å²) >= 11 is 18.0. The Balaban J connectivity index is 1.81. The molecule has 0 saturated carbocycles. The van der Waals surface area contributed by atoms with Gasteiger partial charge in [0.1, 0.15) is 19.0 Å². The zero-order chi connectivity index (χ0) is 17.7. The van der Waals surface area contributed by atoms with E-state index in [2.05, 4.69) is 5.32 Å². The van der Waals surface area contributed by atoms with Crippen LogP contribution in [0.4, 0.5) is 10.5 Å². The monoisotopic (exact) mass is 387 g/mol. The Bertz CT molecular complexity index is 707. The van der Waals surface area contributed by atoms with Gasteiger partial charge in [0.25, 0.3) is 0 Å². The Morgan fingerprint density at radius 1 is 1.04 bits per heavy atom. The van der Waals surface area contributed by atoms with Gasteiger partial charge in [-0.05, 0) is 49.2 Å². The summed E-state index contributed by atoms with van der Waals surface area (Å²) in [4.78, 5) is 11.8. The second-order valence-electron chi connectivity index (χ2n) is 5.08. The molecule has 0 radical (unpaired) electrons. The van der Waals surface area contributed by atoms with Crippen molar-refractivity contribution in [2.24, 2.45) is 0 Å². The lowest BCUT2D eigenvalue weighted by atomic mass is 10.1. The topological polar surface area (TPSA) is 47.6 Å². The summed E-state index contributed by atoms with van der Waals surface area (Å²) in [6.45, 7) is 4.10. The quantitative estimate of drug-likeness (QED) is 0.649. The normalized spacial score (nSPS) is 10.4. The minimum absolute atomic E-state index is 0.0780. The molecule has 0 bridgehead atoms. The summed E-state index contributed by atoms with van der Waals surface area (Å²) in [6.07, 6.45) is -0.655. The highest BCUT2D eigenvalue weighted by atomic mass is 35.5. The average molecular weight is 389 g/mol. The number of hydrogen-bond donors (Lipinski definition) is 1. The van der Waals surface area contributed by atoms with Gasteiger partial charge in [-0.25, -0.2) is 4.79 Å². The number of rotatable bonds is 5. The first-order valence-electron chi connectivity index (χ1n) is 7.16. The standard InChI is InChI=1S/C17H16Cl3NO3/c1-10-8-12(9-11(2)15(10)20)23-6-7-24-17(22)21-16-13(18)4-3-5-14(16)19/h3-5,8-9H,6-7H2,1-2H3,(H,21,22). The Kier molecular flexibility index (Phi) is 6.60. The van der Waals surface area contributed by atoms with Crippen LogP contribution in [0.2, 0.25) is 15.1 Å². The molecule has 0 saturated heterocycles. The minimum Gasteiger partial charge on any atom is -0.490 e. The van der Waals surface area contributed by atoms with Crippen LogP contribution in [-0.4, -0.2) is 19.3 Å². The molecule has 1 amide bonds. The van der Waals surface area contributed by atoms with E-state index in [1.165, 1.54) is 0 Å². The van der Waals surface area contributed by atoms with Crippen LogP contribution < -0.4 is 10.1 Å². The SMILES string of the molecule is Cc1cc(OCCOC(=O)Nc2c(Cl)cccc2Cl)cc(C)c1Cl. The van der Waals surface area contributed by atoms with Crippen molar-refractivity contribution in [3.63, 3.8) is 0 Å². The summed E-state index contributed by atoms with van der Waals surface area (Å²) in [5.41, 5.74) is 2.17. The number of carbonyl (C=O) groups excluding carboxylic acids is 1. The van der Waals surface area contributed by atoms with Crippen LogP contribution in [0.5, 0.6) is 5.75 Å². The molecule has 128 valence electrons. The Hall–Kier alpha value is -1.62. The molecule has 2 aromatic carbocycles. The summed E-state index contributed by atoms with van der Waals surface area (Å²) in [7, 11) is 0. The third kappa shape index (κ3) is 4.94. The van der Waals surface area contributed by atoms with Crippen LogP contribution in [0.15, 0.2) is 30.3 Å². The lowest BCUT2D eigenvalue weighted by molar-refractivity contribution is 0.138. The fraction of sp³-hybridized carbons (Fsp3) is 0.235. The number of anilines is 1. The Labute approximate surface area is 155 Å². The third-order valence-electron chi connectivity index (χ3n) is 3.19. The molecule has 0 atom stereocenters. The average Bonchev–Trinajstić information content (AvgIpc) is 2.53. The van der Waals surface area contributed by atoms with E-state index in [-0.39, 0.29) is 13.2 Å². The molecular weight excluding hydrogens is 373 g/mol. The molecule has 4 nitrogen and oxygen atoms in total. The van der Waals surface area contributed by atoms with E-state index in [0.29, 0.717) is 21.5 Å². The maximum absolute atomic E-state index is 11.8. The number of benzene rings is 2. The van der Waals surface area contributed by atoms with Gasteiger partial charge < -0.3 is 9.47 Å². The first-order chi connectivity index (χ1) is 11.4. The molecule has 0 unspecified atom stereocenters. The maximum Gasteiger partial charge on any atom is 0.411 e. The molecule has 0 spiro atoms. The third-order valence-corrected chi connectivity index (χ3v) is 4.41. The van der Waals surface area contributed by atoms with Gasteiger partial charge in [0.05, 0.1) is 15.7 Å². The van der Waals surface area contributed by atoms with Crippen molar-refractivity contribution in [3.8, 4) is 5.75 Å². The molecule has 2 aromatic rings. The van der Waals surface area contributed by atoms with Crippen LogP contribution >= 0.6 is 34.8 Å². The number of para-hydroxylation sites is 1. The summed E-state index contributed by atoms with van der Waals surface area (Å²) in [5.74, 6) is 0.674. The molecule has 0 fully saturated rings. The summed E-state index contributed by atoms with van der Waals surface area (Å²) in [5, 5.41) is 3.89. The smallest absolute Gasteiger partial charge is 0.411 e. The molecule has 0 heterocycles. The molecule has 7 heteroatoms. The fourth-order valence-electron chi connectivity index (χ4n) is 2.04. The van der Waals surface area contributed by atoms with Crippen molar-refractivity contribution in [2.75, 3.05) is 18.5 Å². The van der Waals surface area contributed by atoms with Crippen molar-refractivity contribution in [1.82, 2.24) is 0 Å². The van der Waals surface area contributed by atoms with Crippen LogP contribution in [0.3, 0.4) is 0 Å². The number of carbonyl (C=O) groups is 1. The van der Waals surface area contributed by atoms with Gasteiger partial charge in [-0.1, -0.05) is 40.9 Å². The van der Waals surface area contributed by atoms with E-state index in [1.54, 1.807) is 18.2 Å². The van der Waals surface area contributed by atoms with Gasteiger partial charge in [0.15, 0.2) is 0 Å². The number of ether oxygens (including phenoxy) is 2. The van der Waals surface area contributed by atoms with Gasteiger partial charge in [0, 0.05) is 5.02 Å². The highest BCUT2D eigenvalue weighted by molar-refractivity contribution is 6.39. The largest absolute Gasteiger partial charge is 0.490 e. The van der Waals surface area contributed by atoms with Crippen molar-refractivity contribution < 1.29 is 14.3 Å². The molecular formula is C17H16Cl3NO3. The van der Waals surface area contributed by atoms with Gasteiger partial charge in [-0.3, -0.25) is 5.32 Å². The molecule has 0 aliphatic carbocycles. The van der Waals surface area contributed by atoms with E-state index >= 15 is 0 Å². The molecule has 2 rings (SSSR count). The minimum atomic E-state index is -0.655. The number of halogens is 3. The maximum atomic E-state index is 11.8. The number of nitrogens with one attached hydrogen (secondary N) is 1. The first-order valence-corrected chi connectivity index (χ1v) is 8.29. The van der Waals surface area contributed by atoms with Crippen LogP contribution in [0, 0.1) is 13.8 Å². The number of aryl methyl sites for hydroxylation is 2. The van der Waals surface area contributed by atoms with Gasteiger partial charge >= 0.3 is 6.09 Å². The van der Waals surface area contributed by atoms with E-state index in [4.69, 9.17) is 44.3 Å². The second kappa shape index (κ2) is 8.47. The second-order valence-corrected chi connectivity index (χ2v) is 6.27. The summed E-state index contributed by atoms with van der Waals surface area (Å²) < 4.78 is 10.6. The Morgan fingerprint density at radius 2 is 1.62 bits per heavy atom. The highest BCUT2D eigenvalue weighted by Crippen LogP contribution is 2.30. The molecule has 0 aliphatic heterocycles. The van der Waals surface area contributed by atoms with Crippen LogP contribution in [0.25, 0.3) is 0 Å². The fourth-order valence-corrected chi connectivity index (χ4v) is 2.64. The predicted molar refractivity (Wildman–Crippen MR) is 97.9 cm³/mol. The van der Waals surface area contributed by atoms with E-state index in [1.807, 2.05) is 26.0 Å². The zero-order valence-corrected chi connectivity index (χ0v) is 15.4. The lowest BCUT2D eigenvalue weighted by Crippen LogP contribution is -2.18. The number of hydrogen-bond acceptors (Lipinski definition) is 3. The molecule has 0 aliphatic rings. The van der Waals surface area contributed by atoms with Crippen LogP contribution in [0.1, 0.15) is 11.1 Å². The first kappa shape index (κ1) is 18.7. The van der Waals surface area contributed by atoms with Gasteiger partial charge in [-0.2, -0.15) is 0 Å². The Morgan fingerprint density at radius 3 is 2.21 bits per heavy atom. The van der Waals surface area contributed by atoms with E-state index < -0.39 is 6.09 Å². The van der Waals surface area contributed by atoms with Crippen molar-refractivity contribution in [3.05, 3.63) is 56.5 Å². The van der Waals surface area contributed by atoms with Crippen molar-refractivity contribution in [1.29, 1.82) is 0 Å². The zero-order valence-electron chi connectivity index (χ0n) is 13.2. The summed E-state index contributed by atoms with van der Waals surface area (Å²) in [6, 6.07) is 8.59. The molecule has 0 aromatic heterocycles. The molecule has 24 heavy (non-hydrogen) atoms. The van der Waals surface area contributed by atoms with E-state index in [9.17, 15) is 4.79 Å². The van der Waals surface area contributed by atoms with Crippen LogP contribution in [-0.2, 0) is 4.74 Å². The van der Waals surface area contributed by atoms with E-state index in [0.717, 1.165) is 16.1 Å². The highest BCUT2D eigenvalue weighted by Gasteiger charge is 2.10. The lowest BCUT2D eigenvalue weighted by Gasteiger charge is -2.12. The van der Waals surface area contributed by atoms with Gasteiger partial charge in [0.2, 0.25) is 0 Å². The van der Waals surface area contributed by atoms with Crippen molar-refractivity contribution >= 4 is 46.6 Å². The number of amides is 1.